The second-order valence-electron chi connectivity index (χ2n) is 9.12. The number of para-hydroxylation sites is 1. The molecule has 1 amide bonds. The van der Waals surface area contributed by atoms with E-state index in [9.17, 15) is 4.79 Å². The molecule has 1 aliphatic rings. The number of aryl methyl sites for hydroxylation is 2. The van der Waals surface area contributed by atoms with Crippen LogP contribution in [0.5, 0.6) is 0 Å². The maximum Gasteiger partial charge on any atom is 0.259 e. The lowest BCUT2D eigenvalue weighted by atomic mass is 10.0. The first-order chi connectivity index (χ1) is 17.0. The highest BCUT2D eigenvalue weighted by Gasteiger charge is 2.20. The summed E-state index contributed by atoms with van der Waals surface area (Å²) < 4.78 is 1.76. The molecular formula is C28H30N6O. The van der Waals surface area contributed by atoms with E-state index in [1.54, 1.807) is 17.1 Å². The fourth-order valence-corrected chi connectivity index (χ4v) is 4.24. The Labute approximate surface area is 206 Å². The first kappa shape index (κ1) is 22.8. The summed E-state index contributed by atoms with van der Waals surface area (Å²) in [7, 11) is 2.13. The molecule has 178 valence electrons. The summed E-state index contributed by atoms with van der Waals surface area (Å²) in [6, 6.07) is 19.9. The Hall–Kier alpha value is -3.97. The van der Waals surface area contributed by atoms with Gasteiger partial charge >= 0.3 is 0 Å². The number of rotatable bonds is 5. The minimum Gasteiger partial charge on any atom is -0.354 e. The van der Waals surface area contributed by atoms with Gasteiger partial charge in [0.1, 0.15) is 11.5 Å². The highest BCUT2D eigenvalue weighted by atomic mass is 16.1. The molecular weight excluding hydrogens is 436 g/mol. The first-order valence-corrected chi connectivity index (χ1v) is 11.9. The zero-order chi connectivity index (χ0) is 24.4. The summed E-state index contributed by atoms with van der Waals surface area (Å²) in [5.74, 6) is 0.721. The molecule has 0 radical (unpaired) electrons. The molecule has 5 rings (SSSR count). The van der Waals surface area contributed by atoms with Gasteiger partial charge in [0.25, 0.3) is 5.91 Å². The molecule has 3 heterocycles. The zero-order valence-electron chi connectivity index (χ0n) is 20.4. The van der Waals surface area contributed by atoms with Gasteiger partial charge in [0.2, 0.25) is 0 Å². The van der Waals surface area contributed by atoms with Gasteiger partial charge < -0.3 is 15.1 Å². The molecule has 0 unspecified atom stereocenters. The van der Waals surface area contributed by atoms with E-state index in [2.05, 4.69) is 53.1 Å². The predicted molar refractivity (Wildman–Crippen MR) is 140 cm³/mol. The van der Waals surface area contributed by atoms with Gasteiger partial charge in [-0.2, -0.15) is 5.10 Å². The number of aromatic nitrogens is 3. The van der Waals surface area contributed by atoms with Gasteiger partial charge in [-0.05, 0) is 62.4 Å². The topological polar surface area (TPSA) is 66.3 Å². The van der Waals surface area contributed by atoms with Crippen LogP contribution >= 0.6 is 0 Å². The monoisotopic (exact) mass is 466 g/mol. The minimum atomic E-state index is -0.213. The van der Waals surface area contributed by atoms with E-state index in [1.165, 1.54) is 5.56 Å². The number of benzene rings is 2. The van der Waals surface area contributed by atoms with Crippen LogP contribution in [0.25, 0.3) is 16.9 Å². The normalized spacial score (nSPS) is 14.2. The van der Waals surface area contributed by atoms with Crippen LogP contribution in [0.4, 0.5) is 11.5 Å². The van der Waals surface area contributed by atoms with E-state index in [1.807, 2.05) is 48.5 Å². The van der Waals surface area contributed by atoms with Gasteiger partial charge in [-0.1, -0.05) is 30.3 Å². The molecule has 0 bridgehead atoms. The molecule has 2 aromatic carbocycles. The second kappa shape index (κ2) is 9.72. The summed E-state index contributed by atoms with van der Waals surface area (Å²) in [5.41, 5.74) is 6.00. The van der Waals surface area contributed by atoms with Crippen LogP contribution in [0.1, 0.15) is 21.5 Å². The summed E-state index contributed by atoms with van der Waals surface area (Å²) in [4.78, 5) is 22.6. The lowest BCUT2D eigenvalue weighted by molar-refractivity contribution is 0.102. The van der Waals surface area contributed by atoms with Crippen molar-refractivity contribution in [3.05, 3.63) is 89.7 Å². The Kier molecular flexibility index (Phi) is 6.33. The first-order valence-electron chi connectivity index (χ1n) is 11.9. The molecule has 2 aromatic heterocycles. The zero-order valence-corrected chi connectivity index (χ0v) is 20.4. The highest BCUT2D eigenvalue weighted by Crippen LogP contribution is 2.27. The van der Waals surface area contributed by atoms with Crippen LogP contribution in [0.15, 0.2) is 73.1 Å². The average Bonchev–Trinajstić information content (AvgIpc) is 3.33. The smallest absolute Gasteiger partial charge is 0.259 e. The van der Waals surface area contributed by atoms with Crippen molar-refractivity contribution in [3.63, 3.8) is 0 Å². The van der Waals surface area contributed by atoms with Gasteiger partial charge in [-0.15, -0.1) is 0 Å². The van der Waals surface area contributed by atoms with Crippen molar-refractivity contribution in [1.29, 1.82) is 0 Å². The summed E-state index contributed by atoms with van der Waals surface area (Å²) in [6.07, 6.45) is 3.52. The number of nitrogens with zero attached hydrogens (tertiary/aromatic N) is 5. The molecule has 7 heteroatoms. The second-order valence-corrected chi connectivity index (χ2v) is 9.12. The number of carbonyl (C=O) groups is 1. The number of nitrogens with one attached hydrogen (secondary N) is 1. The van der Waals surface area contributed by atoms with E-state index >= 15 is 0 Å². The molecule has 4 aromatic rings. The third-order valence-corrected chi connectivity index (χ3v) is 6.59. The van der Waals surface area contributed by atoms with Crippen LogP contribution in [-0.2, 0) is 0 Å². The van der Waals surface area contributed by atoms with Crippen molar-refractivity contribution in [3.8, 4) is 16.9 Å². The lowest BCUT2D eigenvalue weighted by Gasteiger charge is -2.33. The van der Waals surface area contributed by atoms with Crippen molar-refractivity contribution in [2.45, 2.75) is 13.8 Å². The standard InChI is InChI=1S/C28H30N6O/c1-20-9-10-22(17-21(20)2)27-25(19-34(31-27)24-7-5-4-6-8-24)28(35)30-23-11-12-26(29-18-23)33-15-13-32(3)14-16-33/h4-12,17-19H,13-16H2,1-3H3,(H,30,35). The number of pyridine rings is 1. The number of piperazine rings is 1. The Morgan fingerprint density at radius 1 is 0.914 bits per heavy atom. The van der Waals surface area contributed by atoms with Crippen LogP contribution in [-0.4, -0.2) is 58.8 Å². The van der Waals surface area contributed by atoms with Crippen LogP contribution in [0, 0.1) is 13.8 Å². The SMILES string of the molecule is Cc1ccc(-c2nn(-c3ccccc3)cc2C(=O)Nc2ccc(N3CCN(C)CC3)nc2)cc1C. The molecule has 0 saturated carbocycles. The molecule has 1 N–H and O–H groups in total. The molecule has 1 fully saturated rings. The quantitative estimate of drug-likeness (QED) is 0.467. The van der Waals surface area contributed by atoms with E-state index < -0.39 is 0 Å². The average molecular weight is 467 g/mol. The molecule has 0 atom stereocenters. The summed E-state index contributed by atoms with van der Waals surface area (Å²) >= 11 is 0. The minimum absolute atomic E-state index is 0.213. The van der Waals surface area contributed by atoms with Crippen LogP contribution in [0.2, 0.25) is 0 Å². The van der Waals surface area contributed by atoms with Crippen molar-refractivity contribution in [2.75, 3.05) is 43.4 Å². The number of likely N-dealkylation sites (N-methyl/N-ethyl adjacent to an activating group) is 1. The van der Waals surface area contributed by atoms with E-state index in [0.29, 0.717) is 16.9 Å². The maximum atomic E-state index is 13.4. The van der Waals surface area contributed by atoms with Gasteiger partial charge in [0.15, 0.2) is 0 Å². The van der Waals surface area contributed by atoms with Crippen molar-refractivity contribution < 1.29 is 4.79 Å². The highest BCUT2D eigenvalue weighted by molar-refractivity contribution is 6.08. The Morgan fingerprint density at radius 3 is 2.37 bits per heavy atom. The summed E-state index contributed by atoms with van der Waals surface area (Å²) in [6.45, 7) is 8.09. The predicted octanol–water partition coefficient (Wildman–Crippen LogP) is 4.56. The molecule has 0 spiro atoms. The Morgan fingerprint density at radius 2 is 1.69 bits per heavy atom. The third kappa shape index (κ3) is 4.95. The molecule has 7 nitrogen and oxygen atoms in total. The summed E-state index contributed by atoms with van der Waals surface area (Å²) in [5, 5.41) is 7.81. The van der Waals surface area contributed by atoms with Gasteiger partial charge in [0, 0.05) is 37.9 Å². The molecule has 0 aliphatic carbocycles. The molecule has 35 heavy (non-hydrogen) atoms. The van der Waals surface area contributed by atoms with E-state index in [0.717, 1.165) is 48.8 Å². The Bertz CT molecular complexity index is 1320. The third-order valence-electron chi connectivity index (χ3n) is 6.59. The van der Waals surface area contributed by atoms with E-state index in [4.69, 9.17) is 5.10 Å². The molecule has 1 aliphatic heterocycles. The van der Waals surface area contributed by atoms with Crippen molar-refractivity contribution >= 4 is 17.4 Å². The number of anilines is 2. The van der Waals surface area contributed by atoms with Crippen molar-refractivity contribution in [2.24, 2.45) is 0 Å². The maximum absolute atomic E-state index is 13.4. The number of carbonyl (C=O) groups excluding carboxylic acids is 1. The van der Waals surface area contributed by atoms with Gasteiger partial charge in [-0.25, -0.2) is 9.67 Å². The van der Waals surface area contributed by atoms with E-state index in [-0.39, 0.29) is 5.91 Å². The van der Waals surface area contributed by atoms with Gasteiger partial charge in [-0.3, -0.25) is 4.79 Å². The van der Waals surface area contributed by atoms with Crippen molar-refractivity contribution in [1.82, 2.24) is 19.7 Å². The largest absolute Gasteiger partial charge is 0.354 e. The van der Waals surface area contributed by atoms with Crippen LogP contribution in [0.3, 0.4) is 0 Å². The number of hydrogen-bond acceptors (Lipinski definition) is 5. The number of hydrogen-bond donors (Lipinski definition) is 1. The van der Waals surface area contributed by atoms with Gasteiger partial charge in [0.05, 0.1) is 23.1 Å². The van der Waals surface area contributed by atoms with Crippen LogP contribution < -0.4 is 10.2 Å². The lowest BCUT2D eigenvalue weighted by Crippen LogP contribution is -2.44. The molecule has 1 saturated heterocycles. The fraction of sp³-hybridized carbons (Fsp3) is 0.250. The fourth-order valence-electron chi connectivity index (χ4n) is 4.24. The number of amides is 1. The Balaban J connectivity index is 1.42.